The molecule has 0 spiro atoms. The van der Waals surface area contributed by atoms with Crippen molar-refractivity contribution in [3.05, 3.63) is 71.0 Å². The summed E-state index contributed by atoms with van der Waals surface area (Å²) in [6.45, 7) is 11.3. The first kappa shape index (κ1) is 19.1. The highest BCUT2D eigenvalue weighted by atomic mass is 79.9. The van der Waals surface area contributed by atoms with Gasteiger partial charge in [-0.25, -0.2) is 0 Å². The number of aromatic nitrogens is 1. The Morgan fingerprint density at radius 3 is 2.73 bits per heavy atom. The number of phenols is 1. The second kappa shape index (κ2) is 8.33. The standard InChI is InChI=1S/C21H26BrN3O/c1-4-8-24-13-16(3)25(14-15(24)2)21(17-6-5-7-20(26)10-17)18-9-19(22)12-23-11-18/h4-7,9-12,15-16,21,26H,1,8,13-14H2,2-3H3/t15-,16+,21-/m1/s1. The highest BCUT2D eigenvalue weighted by molar-refractivity contribution is 9.10. The second-order valence-electron chi connectivity index (χ2n) is 7.07. The molecule has 26 heavy (non-hydrogen) atoms. The zero-order chi connectivity index (χ0) is 18.7. The number of benzene rings is 1. The fourth-order valence-corrected chi connectivity index (χ4v) is 4.24. The quantitative estimate of drug-likeness (QED) is 0.741. The van der Waals surface area contributed by atoms with Crippen LogP contribution in [-0.4, -0.2) is 51.6 Å². The second-order valence-corrected chi connectivity index (χ2v) is 7.99. The van der Waals surface area contributed by atoms with Crippen molar-refractivity contribution in [2.45, 2.75) is 32.0 Å². The van der Waals surface area contributed by atoms with E-state index in [-0.39, 0.29) is 6.04 Å². The lowest BCUT2D eigenvalue weighted by Gasteiger charge is -2.47. The fourth-order valence-electron chi connectivity index (χ4n) is 3.85. The van der Waals surface area contributed by atoms with Crippen LogP contribution in [0.4, 0.5) is 0 Å². The molecule has 2 heterocycles. The molecule has 1 N–H and O–H groups in total. The smallest absolute Gasteiger partial charge is 0.115 e. The molecule has 3 rings (SSSR count). The van der Waals surface area contributed by atoms with Crippen LogP contribution in [0.3, 0.4) is 0 Å². The van der Waals surface area contributed by atoms with E-state index in [0.717, 1.165) is 35.2 Å². The Bertz CT molecular complexity index is 721. The Morgan fingerprint density at radius 2 is 2.04 bits per heavy atom. The minimum absolute atomic E-state index is 0.0513. The van der Waals surface area contributed by atoms with Crippen molar-refractivity contribution >= 4 is 15.9 Å². The molecule has 1 aliphatic heterocycles. The number of halogens is 1. The molecular weight excluding hydrogens is 390 g/mol. The number of hydrogen-bond donors (Lipinski definition) is 1. The summed E-state index contributed by atoms with van der Waals surface area (Å²) in [5.41, 5.74) is 2.21. The molecule has 1 aromatic carbocycles. The highest BCUT2D eigenvalue weighted by Crippen LogP contribution is 2.34. The number of hydrogen-bond acceptors (Lipinski definition) is 4. The van der Waals surface area contributed by atoms with Gasteiger partial charge < -0.3 is 5.11 Å². The van der Waals surface area contributed by atoms with Crippen molar-refractivity contribution < 1.29 is 5.11 Å². The minimum atomic E-state index is 0.0513. The first-order valence-corrected chi connectivity index (χ1v) is 9.79. The third-order valence-electron chi connectivity index (χ3n) is 5.09. The molecule has 0 bridgehead atoms. The summed E-state index contributed by atoms with van der Waals surface area (Å²) in [6, 6.07) is 10.5. The molecule has 1 saturated heterocycles. The molecule has 3 atom stereocenters. The lowest BCUT2D eigenvalue weighted by atomic mass is 9.94. The average Bonchev–Trinajstić information content (AvgIpc) is 2.60. The molecule has 0 unspecified atom stereocenters. The number of aromatic hydroxyl groups is 1. The summed E-state index contributed by atoms with van der Waals surface area (Å²) < 4.78 is 0.964. The topological polar surface area (TPSA) is 39.6 Å². The molecule has 0 saturated carbocycles. The van der Waals surface area contributed by atoms with Crippen molar-refractivity contribution in [1.82, 2.24) is 14.8 Å². The van der Waals surface area contributed by atoms with E-state index in [1.165, 1.54) is 0 Å². The lowest BCUT2D eigenvalue weighted by molar-refractivity contribution is 0.0305. The van der Waals surface area contributed by atoms with Gasteiger partial charge in [0.1, 0.15) is 5.75 Å². The zero-order valence-corrected chi connectivity index (χ0v) is 16.9. The average molecular weight is 416 g/mol. The van der Waals surface area contributed by atoms with Gasteiger partial charge in [-0.15, -0.1) is 6.58 Å². The maximum atomic E-state index is 10.0. The third kappa shape index (κ3) is 4.17. The first-order chi connectivity index (χ1) is 12.5. The van der Waals surface area contributed by atoms with Crippen LogP contribution in [0.15, 0.2) is 59.9 Å². The normalized spacial score (nSPS) is 22.9. The minimum Gasteiger partial charge on any atom is -0.508 e. The molecule has 1 aromatic heterocycles. The Hall–Kier alpha value is -1.69. The maximum Gasteiger partial charge on any atom is 0.115 e. The molecule has 5 heteroatoms. The van der Waals surface area contributed by atoms with Crippen LogP contribution in [0.25, 0.3) is 0 Å². The SMILES string of the molecule is C=CCN1C[C@H](C)N([C@H](c2cccc(O)c2)c2cncc(Br)c2)C[C@H]1C. The number of rotatable bonds is 5. The van der Waals surface area contributed by atoms with E-state index in [4.69, 9.17) is 0 Å². The Balaban J connectivity index is 1.99. The van der Waals surface area contributed by atoms with Gasteiger partial charge in [-0.2, -0.15) is 0 Å². The predicted molar refractivity (Wildman–Crippen MR) is 109 cm³/mol. The maximum absolute atomic E-state index is 10.0. The van der Waals surface area contributed by atoms with Crippen molar-refractivity contribution in [2.75, 3.05) is 19.6 Å². The molecule has 1 aliphatic rings. The molecule has 2 aromatic rings. The highest BCUT2D eigenvalue weighted by Gasteiger charge is 2.34. The Kier molecular flexibility index (Phi) is 6.12. The zero-order valence-electron chi connectivity index (χ0n) is 15.3. The summed E-state index contributed by atoms with van der Waals surface area (Å²) in [7, 11) is 0. The van der Waals surface area contributed by atoms with Gasteiger partial charge in [0.2, 0.25) is 0 Å². The Morgan fingerprint density at radius 1 is 1.23 bits per heavy atom. The van der Waals surface area contributed by atoms with Crippen LogP contribution in [-0.2, 0) is 0 Å². The summed E-state index contributed by atoms with van der Waals surface area (Å²) >= 11 is 3.55. The van der Waals surface area contributed by atoms with E-state index in [2.05, 4.69) is 63.3 Å². The molecule has 0 aliphatic carbocycles. The fraction of sp³-hybridized carbons (Fsp3) is 0.381. The van der Waals surface area contributed by atoms with E-state index < -0.39 is 0 Å². The molecular formula is C21H26BrN3O. The van der Waals surface area contributed by atoms with Gasteiger partial charge in [-0.05, 0) is 59.1 Å². The van der Waals surface area contributed by atoms with Gasteiger partial charge in [0.05, 0.1) is 6.04 Å². The first-order valence-electron chi connectivity index (χ1n) is 8.99. The van der Waals surface area contributed by atoms with Gasteiger partial charge in [0, 0.05) is 48.6 Å². The van der Waals surface area contributed by atoms with Crippen molar-refractivity contribution in [3.8, 4) is 5.75 Å². The molecule has 0 amide bonds. The van der Waals surface area contributed by atoms with Crippen molar-refractivity contribution in [3.63, 3.8) is 0 Å². The summed E-state index contributed by atoms with van der Waals surface area (Å²) in [4.78, 5) is 9.36. The van der Waals surface area contributed by atoms with Gasteiger partial charge in [0.15, 0.2) is 0 Å². The molecule has 4 nitrogen and oxygen atoms in total. The summed E-state index contributed by atoms with van der Waals surface area (Å²) in [5.74, 6) is 0.293. The van der Waals surface area contributed by atoms with E-state index in [1.807, 2.05) is 24.4 Å². The van der Waals surface area contributed by atoms with Crippen LogP contribution >= 0.6 is 15.9 Å². The van der Waals surface area contributed by atoms with Crippen LogP contribution in [0.1, 0.15) is 31.0 Å². The monoisotopic (exact) mass is 415 g/mol. The van der Waals surface area contributed by atoms with Gasteiger partial charge in [-0.3, -0.25) is 14.8 Å². The van der Waals surface area contributed by atoms with E-state index in [0.29, 0.717) is 17.8 Å². The summed E-state index contributed by atoms with van der Waals surface area (Å²) in [5, 5.41) is 10.0. The van der Waals surface area contributed by atoms with E-state index >= 15 is 0 Å². The van der Waals surface area contributed by atoms with Crippen LogP contribution in [0.2, 0.25) is 0 Å². The third-order valence-corrected chi connectivity index (χ3v) is 5.52. The van der Waals surface area contributed by atoms with Gasteiger partial charge in [-0.1, -0.05) is 18.2 Å². The van der Waals surface area contributed by atoms with E-state index in [1.54, 1.807) is 12.3 Å². The van der Waals surface area contributed by atoms with Crippen LogP contribution < -0.4 is 0 Å². The molecule has 1 fully saturated rings. The number of nitrogens with zero attached hydrogens (tertiary/aromatic N) is 3. The van der Waals surface area contributed by atoms with Crippen molar-refractivity contribution in [1.29, 1.82) is 0 Å². The van der Waals surface area contributed by atoms with Gasteiger partial charge >= 0.3 is 0 Å². The Labute approximate surface area is 164 Å². The largest absolute Gasteiger partial charge is 0.508 e. The molecule has 138 valence electrons. The van der Waals surface area contributed by atoms with Crippen LogP contribution in [0, 0.1) is 0 Å². The summed E-state index contributed by atoms with van der Waals surface area (Å²) in [6.07, 6.45) is 5.70. The van der Waals surface area contributed by atoms with Crippen LogP contribution in [0.5, 0.6) is 5.75 Å². The van der Waals surface area contributed by atoms with E-state index in [9.17, 15) is 5.11 Å². The number of piperazine rings is 1. The number of phenolic OH excluding ortho intramolecular Hbond substituents is 1. The van der Waals surface area contributed by atoms with Gasteiger partial charge in [0.25, 0.3) is 0 Å². The lowest BCUT2D eigenvalue weighted by Crippen LogP contribution is -2.57. The predicted octanol–water partition coefficient (Wildman–Crippen LogP) is 4.22. The molecule has 0 radical (unpaired) electrons. The van der Waals surface area contributed by atoms with Crippen molar-refractivity contribution in [2.24, 2.45) is 0 Å². The number of pyridine rings is 1.